The molecular weight excluding hydrogens is 483 g/mol. The average molecular weight is 504 g/mol. The molecule has 2 aromatic heterocycles. The molecule has 12 heteroatoms. The van der Waals surface area contributed by atoms with Gasteiger partial charge >= 0.3 is 6.18 Å². The Morgan fingerprint density at radius 2 is 2.14 bits per heavy atom. The number of fused-ring (bicyclic) bond motifs is 1. The third-order valence-electron chi connectivity index (χ3n) is 5.68. The summed E-state index contributed by atoms with van der Waals surface area (Å²) < 4.78 is 46.9. The van der Waals surface area contributed by atoms with Crippen LogP contribution in [0.5, 0.6) is 0 Å². The Morgan fingerprint density at radius 3 is 2.94 bits per heavy atom. The quantitative estimate of drug-likeness (QED) is 0.547. The highest BCUT2D eigenvalue weighted by molar-refractivity contribution is 8.18. The van der Waals surface area contributed by atoms with Crippen molar-refractivity contribution in [3.05, 3.63) is 64.5 Å². The number of pyridine rings is 1. The standard InChI is InChI=1S/C23H20F3N5O3S/c24-23(25,26)17-2-1-5-27-18(17)12-31-19-4-3-14(8-15(19)10-28-31)9-20-21(33)29-22(35-20)30-6-7-34-16(11-30)13-32/h1-5,8-10,16,32H,6-7,11-13H2/b20-9-. The maximum Gasteiger partial charge on any atom is 0.418 e. The number of thioether (sulfide) groups is 1. The molecule has 1 unspecified atom stereocenters. The number of rotatable bonds is 4. The maximum atomic E-state index is 13.3. The van der Waals surface area contributed by atoms with Crippen LogP contribution in [0.3, 0.4) is 0 Å². The minimum atomic E-state index is -4.50. The molecule has 2 aliphatic rings. The highest BCUT2D eigenvalue weighted by Gasteiger charge is 2.34. The summed E-state index contributed by atoms with van der Waals surface area (Å²) in [6.07, 6.45) is -0.188. The van der Waals surface area contributed by atoms with Crippen molar-refractivity contribution in [2.45, 2.75) is 18.8 Å². The Balaban J connectivity index is 1.34. The van der Waals surface area contributed by atoms with Crippen LogP contribution in [0.15, 0.2) is 52.6 Å². The number of carbonyl (C=O) groups excluding carboxylic acids is 1. The van der Waals surface area contributed by atoms with E-state index < -0.39 is 11.7 Å². The molecule has 0 radical (unpaired) electrons. The molecule has 1 aromatic carbocycles. The molecule has 0 saturated carbocycles. The van der Waals surface area contributed by atoms with Gasteiger partial charge in [-0.3, -0.25) is 14.5 Å². The van der Waals surface area contributed by atoms with Crippen molar-refractivity contribution in [2.24, 2.45) is 4.99 Å². The van der Waals surface area contributed by atoms with Gasteiger partial charge in [0.1, 0.15) is 0 Å². The summed E-state index contributed by atoms with van der Waals surface area (Å²) in [5, 5.41) is 14.9. The van der Waals surface area contributed by atoms with E-state index in [0.29, 0.717) is 35.3 Å². The summed E-state index contributed by atoms with van der Waals surface area (Å²) in [7, 11) is 0. The summed E-state index contributed by atoms with van der Waals surface area (Å²) in [6, 6.07) is 7.61. The summed E-state index contributed by atoms with van der Waals surface area (Å²) in [4.78, 5) is 22.9. The van der Waals surface area contributed by atoms with Gasteiger partial charge in [-0.25, -0.2) is 0 Å². The Bertz CT molecular complexity index is 1340. The topological polar surface area (TPSA) is 92.8 Å². The predicted octanol–water partition coefficient (Wildman–Crippen LogP) is 3.16. The molecule has 0 bridgehead atoms. The number of aliphatic hydroxyl groups excluding tert-OH is 1. The zero-order valence-electron chi connectivity index (χ0n) is 18.3. The van der Waals surface area contributed by atoms with Crippen LogP contribution in [0, 0.1) is 0 Å². The average Bonchev–Trinajstić information content (AvgIpc) is 3.41. The summed E-state index contributed by atoms with van der Waals surface area (Å²) in [5.74, 6) is -0.345. The van der Waals surface area contributed by atoms with Crippen LogP contribution in [-0.2, 0) is 22.3 Å². The second kappa shape index (κ2) is 9.44. The summed E-state index contributed by atoms with van der Waals surface area (Å²) in [5.41, 5.74) is 0.494. The largest absolute Gasteiger partial charge is 0.418 e. The number of halogens is 3. The molecule has 1 N–H and O–H groups in total. The third kappa shape index (κ3) is 4.95. The fraction of sp³-hybridized carbons (Fsp3) is 0.304. The van der Waals surface area contributed by atoms with E-state index >= 15 is 0 Å². The van der Waals surface area contributed by atoms with E-state index in [1.807, 2.05) is 11.0 Å². The second-order valence-corrected chi connectivity index (χ2v) is 9.06. The van der Waals surface area contributed by atoms with E-state index in [1.165, 1.54) is 28.7 Å². The molecule has 3 aromatic rings. The fourth-order valence-corrected chi connectivity index (χ4v) is 4.92. The summed E-state index contributed by atoms with van der Waals surface area (Å²) in [6.45, 7) is 1.26. The Labute approximate surface area is 202 Å². The van der Waals surface area contributed by atoms with Crippen LogP contribution in [0.1, 0.15) is 16.8 Å². The van der Waals surface area contributed by atoms with Crippen molar-refractivity contribution in [1.29, 1.82) is 0 Å². The lowest BCUT2D eigenvalue weighted by atomic mass is 10.1. The van der Waals surface area contributed by atoms with Gasteiger partial charge in [0.2, 0.25) is 0 Å². The third-order valence-corrected chi connectivity index (χ3v) is 6.73. The lowest BCUT2D eigenvalue weighted by molar-refractivity contribution is -0.138. The summed E-state index contributed by atoms with van der Waals surface area (Å²) >= 11 is 1.26. The number of alkyl halides is 3. The first kappa shape index (κ1) is 23.5. The molecule has 1 fully saturated rings. The van der Waals surface area contributed by atoms with E-state index in [-0.39, 0.29) is 30.9 Å². The second-order valence-electron chi connectivity index (χ2n) is 8.05. The fourth-order valence-electron chi connectivity index (χ4n) is 3.97. The lowest BCUT2D eigenvalue weighted by Crippen LogP contribution is -2.45. The van der Waals surface area contributed by atoms with E-state index in [1.54, 1.807) is 24.4 Å². The van der Waals surface area contributed by atoms with Crippen LogP contribution < -0.4 is 0 Å². The lowest BCUT2D eigenvalue weighted by Gasteiger charge is -2.32. The zero-order chi connectivity index (χ0) is 24.6. The number of nitrogens with zero attached hydrogens (tertiary/aromatic N) is 5. The van der Waals surface area contributed by atoms with Crippen molar-refractivity contribution in [2.75, 3.05) is 26.3 Å². The molecule has 35 heavy (non-hydrogen) atoms. The normalized spacial score (nSPS) is 20.2. The van der Waals surface area contributed by atoms with Gasteiger partial charge in [-0.2, -0.15) is 23.3 Å². The molecule has 182 valence electrons. The van der Waals surface area contributed by atoms with Gasteiger partial charge in [-0.05, 0) is 47.7 Å². The number of amides is 1. The Kier molecular flexibility index (Phi) is 6.34. The van der Waals surface area contributed by atoms with Gasteiger partial charge in [-0.15, -0.1) is 0 Å². The Hall–Kier alpha value is -3.22. The molecule has 1 atom stereocenters. The van der Waals surface area contributed by atoms with Crippen LogP contribution in [-0.4, -0.2) is 68.3 Å². The SMILES string of the molecule is O=C1N=C(N2CCOC(CO)C2)S/C1=C\c1ccc2c(cnn2Cc2ncccc2C(F)(F)F)c1. The number of hydrogen-bond donors (Lipinski definition) is 1. The maximum absolute atomic E-state index is 13.3. The molecule has 5 rings (SSSR count). The molecular formula is C23H20F3N5O3S. The molecule has 8 nitrogen and oxygen atoms in total. The number of morpholine rings is 1. The highest BCUT2D eigenvalue weighted by atomic mass is 32.2. The van der Waals surface area contributed by atoms with Crippen LogP contribution in [0.4, 0.5) is 13.2 Å². The van der Waals surface area contributed by atoms with Crippen molar-refractivity contribution in [1.82, 2.24) is 19.7 Å². The minimum absolute atomic E-state index is 0.101. The number of hydrogen-bond acceptors (Lipinski definition) is 7. The molecule has 0 spiro atoms. The van der Waals surface area contributed by atoms with Gasteiger partial charge in [0.05, 0.1) is 53.7 Å². The molecule has 2 aliphatic heterocycles. The predicted molar refractivity (Wildman–Crippen MR) is 124 cm³/mol. The number of benzene rings is 1. The van der Waals surface area contributed by atoms with Crippen LogP contribution in [0.25, 0.3) is 17.0 Å². The van der Waals surface area contributed by atoms with E-state index in [2.05, 4.69) is 15.1 Å². The number of aliphatic hydroxyl groups is 1. The molecule has 1 saturated heterocycles. The number of amidine groups is 1. The van der Waals surface area contributed by atoms with Crippen molar-refractivity contribution in [3.8, 4) is 0 Å². The van der Waals surface area contributed by atoms with Crippen molar-refractivity contribution in [3.63, 3.8) is 0 Å². The minimum Gasteiger partial charge on any atom is -0.394 e. The Morgan fingerprint density at radius 1 is 1.29 bits per heavy atom. The van der Waals surface area contributed by atoms with Gasteiger partial charge in [0, 0.05) is 24.7 Å². The van der Waals surface area contributed by atoms with Crippen molar-refractivity contribution >= 4 is 39.8 Å². The number of aliphatic imine (C=N–C) groups is 1. The van der Waals surface area contributed by atoms with Crippen molar-refractivity contribution < 1.29 is 27.8 Å². The van der Waals surface area contributed by atoms with Gasteiger partial charge in [0.15, 0.2) is 5.17 Å². The molecule has 4 heterocycles. The van der Waals surface area contributed by atoms with Crippen LogP contribution >= 0.6 is 11.8 Å². The van der Waals surface area contributed by atoms with Crippen LogP contribution in [0.2, 0.25) is 0 Å². The number of ether oxygens (including phenoxy) is 1. The van der Waals surface area contributed by atoms with E-state index in [4.69, 9.17) is 4.74 Å². The number of aromatic nitrogens is 3. The van der Waals surface area contributed by atoms with Gasteiger partial charge in [0.25, 0.3) is 5.91 Å². The first-order chi connectivity index (χ1) is 16.8. The van der Waals surface area contributed by atoms with Gasteiger partial charge < -0.3 is 14.7 Å². The van der Waals surface area contributed by atoms with Gasteiger partial charge in [-0.1, -0.05) is 6.07 Å². The molecule has 0 aliphatic carbocycles. The smallest absolute Gasteiger partial charge is 0.394 e. The highest BCUT2D eigenvalue weighted by Crippen LogP contribution is 2.33. The first-order valence-electron chi connectivity index (χ1n) is 10.8. The monoisotopic (exact) mass is 503 g/mol. The van der Waals surface area contributed by atoms with E-state index in [0.717, 1.165) is 17.0 Å². The zero-order valence-corrected chi connectivity index (χ0v) is 19.1. The molecule has 1 amide bonds. The number of carbonyl (C=O) groups is 1. The van der Waals surface area contributed by atoms with E-state index in [9.17, 15) is 23.1 Å². The first-order valence-corrected chi connectivity index (χ1v) is 11.6.